The van der Waals surface area contributed by atoms with Crippen molar-refractivity contribution in [3.05, 3.63) is 52.6 Å². The number of anilines is 1. The highest BCUT2D eigenvalue weighted by atomic mass is 35.5. The molecule has 0 aromatic heterocycles. The van der Waals surface area contributed by atoms with Gasteiger partial charge in [-0.1, -0.05) is 17.7 Å². The van der Waals surface area contributed by atoms with Crippen LogP contribution in [0.3, 0.4) is 0 Å². The molecule has 17 heavy (non-hydrogen) atoms. The van der Waals surface area contributed by atoms with Gasteiger partial charge in [0.15, 0.2) is 0 Å². The van der Waals surface area contributed by atoms with E-state index in [2.05, 4.69) is 0 Å². The molecule has 0 saturated heterocycles. The fourth-order valence-electron chi connectivity index (χ4n) is 1.72. The Morgan fingerprint density at radius 1 is 1.00 bits per heavy atom. The van der Waals surface area contributed by atoms with E-state index < -0.39 is 5.82 Å². The molecule has 1 nitrogen and oxygen atoms in total. The van der Waals surface area contributed by atoms with Gasteiger partial charge in [0.2, 0.25) is 0 Å². The molecule has 0 spiro atoms. The first-order valence-corrected chi connectivity index (χ1v) is 5.37. The zero-order valence-corrected chi connectivity index (χ0v) is 9.85. The summed E-state index contributed by atoms with van der Waals surface area (Å²) in [5.74, 6) is -0.888. The van der Waals surface area contributed by atoms with Crippen molar-refractivity contribution in [1.29, 1.82) is 0 Å². The molecule has 0 fully saturated rings. The van der Waals surface area contributed by atoms with Crippen molar-refractivity contribution in [3.8, 4) is 11.1 Å². The first-order chi connectivity index (χ1) is 7.97. The van der Waals surface area contributed by atoms with Gasteiger partial charge in [0.1, 0.15) is 11.6 Å². The Morgan fingerprint density at radius 2 is 1.65 bits per heavy atom. The molecule has 0 bridgehead atoms. The molecule has 0 aliphatic heterocycles. The molecule has 0 radical (unpaired) electrons. The molecule has 2 rings (SSSR count). The molecule has 2 N–H and O–H groups in total. The molecule has 2 aromatic rings. The predicted molar refractivity (Wildman–Crippen MR) is 66.0 cm³/mol. The van der Waals surface area contributed by atoms with Crippen LogP contribution in [-0.2, 0) is 0 Å². The van der Waals surface area contributed by atoms with E-state index in [0.29, 0.717) is 11.1 Å². The van der Waals surface area contributed by atoms with Crippen molar-refractivity contribution in [3.63, 3.8) is 0 Å². The lowest BCUT2D eigenvalue weighted by atomic mass is 10.0. The van der Waals surface area contributed by atoms with Gasteiger partial charge in [0, 0.05) is 5.56 Å². The monoisotopic (exact) mass is 253 g/mol. The maximum Gasteiger partial charge on any atom is 0.125 e. The van der Waals surface area contributed by atoms with Crippen molar-refractivity contribution in [2.45, 2.75) is 6.92 Å². The van der Waals surface area contributed by atoms with Crippen LogP contribution in [0.2, 0.25) is 5.02 Å². The second-order valence-corrected chi connectivity index (χ2v) is 4.27. The summed E-state index contributed by atoms with van der Waals surface area (Å²) in [5, 5.41) is 0.127. The van der Waals surface area contributed by atoms with Crippen molar-refractivity contribution >= 4 is 17.3 Å². The molecule has 4 heteroatoms. The van der Waals surface area contributed by atoms with Gasteiger partial charge in [-0.2, -0.15) is 0 Å². The third kappa shape index (κ3) is 2.39. The topological polar surface area (TPSA) is 26.0 Å². The Bertz CT molecular complexity index is 562. The van der Waals surface area contributed by atoms with Gasteiger partial charge in [0.25, 0.3) is 0 Å². The van der Waals surface area contributed by atoms with Crippen molar-refractivity contribution in [1.82, 2.24) is 0 Å². The maximum atomic E-state index is 13.3. The summed E-state index contributed by atoms with van der Waals surface area (Å²) in [6.07, 6.45) is 0. The highest BCUT2D eigenvalue weighted by molar-refractivity contribution is 6.33. The zero-order valence-electron chi connectivity index (χ0n) is 9.10. The van der Waals surface area contributed by atoms with Crippen molar-refractivity contribution < 1.29 is 8.78 Å². The second-order valence-electron chi connectivity index (χ2n) is 3.87. The van der Waals surface area contributed by atoms with Crippen LogP contribution in [0.4, 0.5) is 14.5 Å². The van der Waals surface area contributed by atoms with Crippen LogP contribution in [0.1, 0.15) is 5.56 Å². The number of rotatable bonds is 1. The third-order valence-electron chi connectivity index (χ3n) is 2.45. The molecule has 0 aliphatic carbocycles. The van der Waals surface area contributed by atoms with Crippen LogP contribution in [-0.4, -0.2) is 0 Å². The van der Waals surface area contributed by atoms with E-state index in [1.54, 1.807) is 13.0 Å². The first kappa shape index (κ1) is 11.9. The molecule has 0 heterocycles. The summed E-state index contributed by atoms with van der Waals surface area (Å²) in [6, 6.07) is 6.79. The summed E-state index contributed by atoms with van der Waals surface area (Å²) in [6.45, 7) is 1.75. The van der Waals surface area contributed by atoms with E-state index >= 15 is 0 Å². The van der Waals surface area contributed by atoms with Crippen LogP contribution in [0.15, 0.2) is 30.3 Å². The molecule has 0 atom stereocenters. The van der Waals surface area contributed by atoms with Gasteiger partial charge in [-0.15, -0.1) is 0 Å². The molecule has 0 unspecified atom stereocenters. The molecular weight excluding hydrogens is 244 g/mol. The van der Waals surface area contributed by atoms with Crippen LogP contribution in [0, 0.1) is 18.6 Å². The number of hydrogen-bond donors (Lipinski definition) is 1. The van der Waals surface area contributed by atoms with E-state index in [1.807, 2.05) is 0 Å². The van der Waals surface area contributed by atoms with Crippen molar-refractivity contribution in [2.75, 3.05) is 5.73 Å². The fraction of sp³-hybridized carbons (Fsp3) is 0.0769. The third-order valence-corrected chi connectivity index (χ3v) is 2.76. The fourth-order valence-corrected chi connectivity index (χ4v) is 1.92. The molecule has 0 amide bonds. The standard InChI is InChI=1S/C13H10ClF2N/c1-7-2-8(4-9(15)3-7)11-5-10(16)6-12(14)13(11)17/h2-6H,17H2,1H3. The summed E-state index contributed by atoms with van der Waals surface area (Å²) in [4.78, 5) is 0. The van der Waals surface area contributed by atoms with Crippen molar-refractivity contribution in [2.24, 2.45) is 0 Å². The molecule has 0 aliphatic rings. The number of nitrogen functional groups attached to an aromatic ring is 1. The number of nitrogens with two attached hydrogens (primary N) is 1. The molecule has 2 aromatic carbocycles. The molecular formula is C13H10ClF2N. The van der Waals surface area contributed by atoms with Gasteiger partial charge >= 0.3 is 0 Å². The van der Waals surface area contributed by atoms with Gasteiger partial charge in [-0.05, 0) is 42.3 Å². The number of hydrogen-bond acceptors (Lipinski definition) is 1. The lowest BCUT2D eigenvalue weighted by Crippen LogP contribution is -1.94. The van der Waals surface area contributed by atoms with E-state index in [9.17, 15) is 8.78 Å². The lowest BCUT2D eigenvalue weighted by Gasteiger charge is -2.09. The quantitative estimate of drug-likeness (QED) is 0.758. The zero-order chi connectivity index (χ0) is 12.6. The summed E-state index contributed by atoms with van der Waals surface area (Å²) in [7, 11) is 0. The van der Waals surface area contributed by atoms with Gasteiger partial charge in [-0.3, -0.25) is 0 Å². The lowest BCUT2D eigenvalue weighted by molar-refractivity contribution is 0.625. The summed E-state index contributed by atoms with van der Waals surface area (Å²) in [5.41, 5.74) is 7.66. The molecule has 88 valence electrons. The predicted octanol–water partition coefficient (Wildman–Crippen LogP) is 4.18. The Balaban J connectivity index is 2.67. The smallest absolute Gasteiger partial charge is 0.125 e. The second kappa shape index (κ2) is 4.34. The van der Waals surface area contributed by atoms with E-state index in [0.717, 1.165) is 11.6 Å². The van der Waals surface area contributed by atoms with Crippen LogP contribution >= 0.6 is 11.6 Å². The number of aryl methyl sites for hydroxylation is 1. The minimum Gasteiger partial charge on any atom is -0.397 e. The van der Waals surface area contributed by atoms with Gasteiger partial charge in [-0.25, -0.2) is 8.78 Å². The Labute approximate surface area is 103 Å². The van der Waals surface area contributed by atoms with E-state index in [4.69, 9.17) is 17.3 Å². The number of halogens is 3. The number of benzene rings is 2. The van der Waals surface area contributed by atoms with E-state index in [-0.39, 0.29) is 16.5 Å². The van der Waals surface area contributed by atoms with Crippen LogP contribution in [0.5, 0.6) is 0 Å². The highest BCUT2D eigenvalue weighted by Crippen LogP contribution is 2.33. The molecule has 0 saturated carbocycles. The van der Waals surface area contributed by atoms with Crippen LogP contribution < -0.4 is 5.73 Å². The SMILES string of the molecule is Cc1cc(F)cc(-c2cc(F)cc(Cl)c2N)c1. The first-order valence-electron chi connectivity index (χ1n) is 4.99. The summed E-state index contributed by atoms with van der Waals surface area (Å²) >= 11 is 5.79. The maximum absolute atomic E-state index is 13.3. The van der Waals surface area contributed by atoms with Crippen LogP contribution in [0.25, 0.3) is 11.1 Å². The van der Waals surface area contributed by atoms with E-state index in [1.165, 1.54) is 18.2 Å². The normalized spacial score (nSPS) is 10.6. The highest BCUT2D eigenvalue weighted by Gasteiger charge is 2.10. The summed E-state index contributed by atoms with van der Waals surface area (Å²) < 4.78 is 26.5. The Kier molecular flexibility index (Phi) is 3.03. The van der Waals surface area contributed by atoms with Gasteiger partial charge < -0.3 is 5.73 Å². The minimum absolute atomic E-state index is 0.127. The van der Waals surface area contributed by atoms with Gasteiger partial charge in [0.05, 0.1) is 10.7 Å². The minimum atomic E-state index is -0.499. The average molecular weight is 254 g/mol. The average Bonchev–Trinajstić information content (AvgIpc) is 2.22. The Morgan fingerprint density at radius 3 is 2.29 bits per heavy atom. The Hall–Kier alpha value is -1.61. The largest absolute Gasteiger partial charge is 0.397 e.